The van der Waals surface area contributed by atoms with Crippen LogP contribution in [-0.4, -0.2) is 9.97 Å². The van der Waals surface area contributed by atoms with Crippen molar-refractivity contribution in [1.29, 1.82) is 0 Å². The van der Waals surface area contributed by atoms with Crippen LogP contribution in [0, 0.1) is 19.7 Å². The molecule has 0 bridgehead atoms. The van der Waals surface area contributed by atoms with Crippen molar-refractivity contribution < 1.29 is 4.39 Å². The fourth-order valence-corrected chi connectivity index (χ4v) is 1.53. The summed E-state index contributed by atoms with van der Waals surface area (Å²) in [5.74, 6) is 0.0647. The van der Waals surface area contributed by atoms with Gasteiger partial charge in [-0.25, -0.2) is 9.37 Å². The molecule has 0 unspecified atom stereocenters. The molecule has 0 saturated carbocycles. The first-order chi connectivity index (χ1) is 7.99. The van der Waals surface area contributed by atoms with Crippen LogP contribution < -0.4 is 11.3 Å². The van der Waals surface area contributed by atoms with Gasteiger partial charge in [-0.15, -0.1) is 0 Å². The molecule has 4 nitrogen and oxygen atoms in total. The molecular weight excluding hydrogens is 221 g/mol. The lowest BCUT2D eigenvalue weighted by molar-refractivity contribution is 0.627. The van der Waals surface area contributed by atoms with E-state index in [1.165, 1.54) is 12.1 Å². The number of nitrogens with zero attached hydrogens (tertiary/aromatic N) is 1. The molecule has 0 atom stereocenters. The third-order valence-corrected chi connectivity index (χ3v) is 2.64. The van der Waals surface area contributed by atoms with E-state index in [9.17, 15) is 9.18 Å². The van der Waals surface area contributed by atoms with Crippen LogP contribution in [0.3, 0.4) is 0 Å². The molecule has 0 radical (unpaired) electrons. The summed E-state index contributed by atoms with van der Waals surface area (Å²) in [6.07, 6.45) is 0. The Bertz CT molecular complexity index is 634. The average molecular weight is 233 g/mol. The molecule has 5 heteroatoms. The van der Waals surface area contributed by atoms with E-state index in [-0.39, 0.29) is 23.0 Å². The van der Waals surface area contributed by atoms with Crippen molar-refractivity contribution in [3.05, 3.63) is 45.5 Å². The van der Waals surface area contributed by atoms with Crippen molar-refractivity contribution in [2.45, 2.75) is 13.8 Å². The van der Waals surface area contributed by atoms with Crippen LogP contribution in [0.2, 0.25) is 0 Å². The molecule has 1 aromatic heterocycles. The zero-order valence-electron chi connectivity index (χ0n) is 9.54. The minimum Gasteiger partial charge on any atom is -0.383 e. The van der Waals surface area contributed by atoms with Gasteiger partial charge in [0.05, 0.1) is 5.56 Å². The second-order valence-electron chi connectivity index (χ2n) is 3.88. The molecular formula is C12H12FN3O. The van der Waals surface area contributed by atoms with E-state index in [0.717, 1.165) is 5.56 Å². The molecule has 0 fully saturated rings. The van der Waals surface area contributed by atoms with Crippen LogP contribution in [0.4, 0.5) is 10.2 Å². The van der Waals surface area contributed by atoms with Crippen molar-refractivity contribution in [3.8, 4) is 11.4 Å². The van der Waals surface area contributed by atoms with Gasteiger partial charge in [-0.05, 0) is 31.5 Å². The monoisotopic (exact) mass is 233 g/mol. The van der Waals surface area contributed by atoms with E-state index in [2.05, 4.69) is 9.97 Å². The molecule has 0 aliphatic heterocycles. The van der Waals surface area contributed by atoms with Crippen molar-refractivity contribution in [3.63, 3.8) is 0 Å². The first-order valence-electron chi connectivity index (χ1n) is 5.12. The number of aryl methyl sites for hydroxylation is 1. The van der Waals surface area contributed by atoms with Crippen molar-refractivity contribution >= 4 is 5.82 Å². The minimum atomic E-state index is -0.382. The minimum absolute atomic E-state index is 0.160. The number of rotatable bonds is 1. The molecule has 1 heterocycles. The lowest BCUT2D eigenvalue weighted by Gasteiger charge is -2.07. The maximum atomic E-state index is 13.2. The number of hydrogen-bond acceptors (Lipinski definition) is 3. The highest BCUT2D eigenvalue weighted by molar-refractivity contribution is 5.61. The van der Waals surface area contributed by atoms with Crippen LogP contribution in [0.5, 0.6) is 0 Å². The number of aromatic amines is 1. The van der Waals surface area contributed by atoms with Gasteiger partial charge < -0.3 is 10.7 Å². The van der Waals surface area contributed by atoms with Crippen molar-refractivity contribution in [1.82, 2.24) is 9.97 Å². The van der Waals surface area contributed by atoms with Crippen LogP contribution in [0.25, 0.3) is 11.4 Å². The molecule has 2 rings (SSSR count). The fourth-order valence-electron chi connectivity index (χ4n) is 1.53. The smallest absolute Gasteiger partial charge is 0.256 e. The maximum absolute atomic E-state index is 13.2. The lowest BCUT2D eigenvalue weighted by atomic mass is 10.1. The molecule has 1 aromatic carbocycles. The van der Waals surface area contributed by atoms with Gasteiger partial charge in [0.15, 0.2) is 0 Å². The highest BCUT2D eigenvalue weighted by Gasteiger charge is 2.09. The van der Waals surface area contributed by atoms with Gasteiger partial charge in [0.2, 0.25) is 0 Å². The first-order valence-corrected chi connectivity index (χ1v) is 5.12. The number of benzene rings is 1. The largest absolute Gasteiger partial charge is 0.383 e. The molecule has 0 saturated heterocycles. The normalized spacial score (nSPS) is 10.5. The Morgan fingerprint density at radius 2 is 2.06 bits per heavy atom. The summed E-state index contributed by atoms with van der Waals surface area (Å²) < 4.78 is 13.2. The molecule has 0 spiro atoms. The van der Waals surface area contributed by atoms with E-state index in [4.69, 9.17) is 5.73 Å². The van der Waals surface area contributed by atoms with Crippen LogP contribution in [0.1, 0.15) is 11.1 Å². The molecule has 3 N–H and O–H groups in total. The van der Waals surface area contributed by atoms with Crippen molar-refractivity contribution in [2.75, 3.05) is 5.73 Å². The van der Waals surface area contributed by atoms with Gasteiger partial charge in [-0.2, -0.15) is 0 Å². The highest BCUT2D eigenvalue weighted by Crippen LogP contribution is 2.20. The zero-order valence-corrected chi connectivity index (χ0v) is 9.54. The number of nitrogens with one attached hydrogen (secondary N) is 1. The summed E-state index contributed by atoms with van der Waals surface area (Å²) in [5, 5.41) is 0. The summed E-state index contributed by atoms with van der Waals surface area (Å²) in [6.45, 7) is 3.40. The fraction of sp³-hybridized carbons (Fsp3) is 0.167. The second-order valence-corrected chi connectivity index (χ2v) is 3.88. The van der Waals surface area contributed by atoms with Gasteiger partial charge >= 0.3 is 0 Å². The van der Waals surface area contributed by atoms with Gasteiger partial charge in [0.1, 0.15) is 17.5 Å². The molecule has 0 aliphatic rings. The number of anilines is 1. The van der Waals surface area contributed by atoms with Gasteiger partial charge in [0.25, 0.3) is 5.56 Å². The average Bonchev–Trinajstić information content (AvgIpc) is 2.28. The SMILES string of the molecule is Cc1ccc(F)cc1-c1nc(N)c(C)c(=O)[nH]1. The predicted octanol–water partition coefficient (Wildman–Crippen LogP) is 1.78. The number of aromatic nitrogens is 2. The third-order valence-electron chi connectivity index (χ3n) is 2.64. The van der Waals surface area contributed by atoms with Gasteiger partial charge in [0, 0.05) is 5.56 Å². The van der Waals surface area contributed by atoms with E-state index in [1.54, 1.807) is 13.0 Å². The molecule has 2 aromatic rings. The van der Waals surface area contributed by atoms with E-state index >= 15 is 0 Å². The summed E-state index contributed by atoms with van der Waals surface area (Å²) in [6, 6.07) is 4.30. The topological polar surface area (TPSA) is 71.8 Å². The second kappa shape index (κ2) is 4.01. The van der Waals surface area contributed by atoms with E-state index < -0.39 is 0 Å². The Balaban J connectivity index is 2.69. The summed E-state index contributed by atoms with van der Waals surface area (Å²) in [4.78, 5) is 18.2. The molecule has 17 heavy (non-hydrogen) atoms. The Morgan fingerprint density at radius 1 is 1.35 bits per heavy atom. The maximum Gasteiger partial charge on any atom is 0.256 e. The van der Waals surface area contributed by atoms with Crippen LogP contribution >= 0.6 is 0 Å². The number of hydrogen-bond donors (Lipinski definition) is 2. The Labute approximate surface area is 97.3 Å². The molecule has 0 amide bonds. The summed E-state index contributed by atoms with van der Waals surface area (Å²) in [5.41, 5.74) is 7.03. The number of nitrogens with two attached hydrogens (primary N) is 1. The van der Waals surface area contributed by atoms with Crippen LogP contribution in [-0.2, 0) is 0 Å². The number of H-pyrrole nitrogens is 1. The Morgan fingerprint density at radius 3 is 2.71 bits per heavy atom. The lowest BCUT2D eigenvalue weighted by Crippen LogP contribution is -2.15. The Kier molecular flexibility index (Phi) is 2.67. The number of halogens is 1. The van der Waals surface area contributed by atoms with E-state index in [0.29, 0.717) is 11.1 Å². The van der Waals surface area contributed by atoms with Gasteiger partial charge in [-0.1, -0.05) is 6.07 Å². The zero-order chi connectivity index (χ0) is 12.6. The highest BCUT2D eigenvalue weighted by atomic mass is 19.1. The molecule has 0 aliphatic carbocycles. The van der Waals surface area contributed by atoms with Gasteiger partial charge in [-0.3, -0.25) is 4.79 Å². The van der Waals surface area contributed by atoms with E-state index in [1.807, 2.05) is 6.92 Å². The Hall–Kier alpha value is -2.17. The van der Waals surface area contributed by atoms with Crippen LogP contribution in [0.15, 0.2) is 23.0 Å². The van der Waals surface area contributed by atoms with Crippen molar-refractivity contribution in [2.24, 2.45) is 0 Å². The standard InChI is InChI=1S/C12H12FN3O/c1-6-3-4-8(13)5-9(6)11-15-10(14)7(2)12(17)16-11/h3-5H,1-2H3,(H3,14,15,16,17). The molecule has 88 valence electrons. The summed E-state index contributed by atoms with van der Waals surface area (Å²) >= 11 is 0. The third kappa shape index (κ3) is 2.04. The quantitative estimate of drug-likeness (QED) is 0.788. The first kappa shape index (κ1) is 11.3. The number of nitrogen functional groups attached to an aromatic ring is 1. The predicted molar refractivity (Wildman–Crippen MR) is 64.1 cm³/mol. The summed E-state index contributed by atoms with van der Waals surface area (Å²) in [7, 11) is 0.